The Balaban J connectivity index is 2.67. The highest BCUT2D eigenvalue weighted by molar-refractivity contribution is 5.81. The number of rotatable bonds is 2. The Bertz CT molecular complexity index is 564. The van der Waals surface area contributed by atoms with Crippen molar-refractivity contribution in [3.8, 4) is 0 Å². The van der Waals surface area contributed by atoms with E-state index in [0.717, 1.165) is 11.4 Å². The topological polar surface area (TPSA) is 74.4 Å². The van der Waals surface area contributed by atoms with Gasteiger partial charge in [-0.15, -0.1) is 0 Å². The van der Waals surface area contributed by atoms with Gasteiger partial charge in [0.25, 0.3) is 5.56 Å². The molecule has 5 heteroatoms. The van der Waals surface area contributed by atoms with Crippen molar-refractivity contribution in [2.45, 2.75) is 20.3 Å². The molecular weight excluding hydrogens is 192 g/mol. The van der Waals surface area contributed by atoms with Crippen LogP contribution in [0.1, 0.15) is 18.3 Å². The number of H-pyrrole nitrogens is 2. The van der Waals surface area contributed by atoms with Gasteiger partial charge in [-0.25, -0.2) is 5.10 Å². The fraction of sp³-hybridized carbons (Fsp3) is 0.300. The molecule has 2 rings (SSSR count). The summed E-state index contributed by atoms with van der Waals surface area (Å²) in [6, 6.07) is 0. The Hall–Kier alpha value is -1.91. The van der Waals surface area contributed by atoms with Crippen LogP contribution in [-0.4, -0.2) is 20.4 Å². The fourth-order valence-electron chi connectivity index (χ4n) is 1.51. The van der Waals surface area contributed by atoms with Crippen LogP contribution < -0.4 is 5.56 Å². The molecule has 0 aliphatic carbocycles. The maximum absolute atomic E-state index is 11.5. The number of aromatic nitrogens is 4. The molecule has 2 N–H and O–H groups in total. The van der Waals surface area contributed by atoms with Crippen molar-refractivity contribution in [2.75, 3.05) is 0 Å². The summed E-state index contributed by atoms with van der Waals surface area (Å²) in [6.45, 7) is 3.77. The summed E-state index contributed by atoms with van der Waals surface area (Å²) in [7, 11) is 0. The molecule has 0 radical (unpaired) electrons. The van der Waals surface area contributed by atoms with E-state index in [-0.39, 0.29) is 5.56 Å². The monoisotopic (exact) mass is 204 g/mol. The molecule has 15 heavy (non-hydrogen) atoms. The van der Waals surface area contributed by atoms with E-state index >= 15 is 0 Å². The predicted octanol–water partition coefficient (Wildman–Crippen LogP) is 1.07. The minimum atomic E-state index is -0.194. The normalized spacial score (nSPS) is 11.6. The van der Waals surface area contributed by atoms with Crippen LogP contribution in [0.15, 0.2) is 16.9 Å². The molecule has 0 aliphatic rings. The molecule has 78 valence electrons. The van der Waals surface area contributed by atoms with Crippen molar-refractivity contribution >= 4 is 10.9 Å². The van der Waals surface area contributed by atoms with E-state index in [1.165, 1.54) is 0 Å². The zero-order valence-electron chi connectivity index (χ0n) is 8.66. The van der Waals surface area contributed by atoms with Crippen molar-refractivity contribution in [3.05, 3.63) is 33.9 Å². The van der Waals surface area contributed by atoms with Gasteiger partial charge in [0.15, 0.2) is 0 Å². The lowest BCUT2D eigenvalue weighted by Gasteiger charge is -1.95. The summed E-state index contributed by atoms with van der Waals surface area (Å²) < 4.78 is 0. The first-order chi connectivity index (χ1) is 7.24. The highest BCUT2D eigenvalue weighted by Gasteiger charge is 2.10. The van der Waals surface area contributed by atoms with Gasteiger partial charge in [0.2, 0.25) is 0 Å². The minimum Gasteiger partial charge on any atom is -0.281 e. The zero-order chi connectivity index (χ0) is 10.8. The molecule has 2 heterocycles. The van der Waals surface area contributed by atoms with Crippen molar-refractivity contribution < 1.29 is 0 Å². The fourth-order valence-corrected chi connectivity index (χ4v) is 1.51. The Morgan fingerprint density at radius 2 is 2.13 bits per heavy atom. The standard InChI is InChI=1S/C10H12N4O/c1-3-4-5-7-9-8(6(2)11-13-9)10(15)14-12-7/h3-4H,5H2,1-2H3,(H,11,13)(H,14,15)/b4-3+. The molecule has 0 spiro atoms. The second-order valence-electron chi connectivity index (χ2n) is 3.34. The van der Waals surface area contributed by atoms with Crippen molar-refractivity contribution in [1.82, 2.24) is 20.4 Å². The van der Waals surface area contributed by atoms with Gasteiger partial charge >= 0.3 is 0 Å². The van der Waals surface area contributed by atoms with E-state index in [2.05, 4.69) is 20.4 Å². The second kappa shape index (κ2) is 3.68. The molecular formula is C10H12N4O. The number of fused-ring (bicyclic) bond motifs is 1. The molecule has 0 bridgehead atoms. The first-order valence-electron chi connectivity index (χ1n) is 4.77. The second-order valence-corrected chi connectivity index (χ2v) is 3.34. The number of aryl methyl sites for hydroxylation is 1. The van der Waals surface area contributed by atoms with Gasteiger partial charge in [-0.05, 0) is 13.8 Å². The molecule has 0 aromatic carbocycles. The molecule has 0 saturated carbocycles. The maximum atomic E-state index is 11.5. The molecule has 2 aromatic heterocycles. The third-order valence-corrected chi connectivity index (χ3v) is 2.29. The van der Waals surface area contributed by atoms with Crippen LogP contribution in [0, 0.1) is 6.92 Å². The smallest absolute Gasteiger partial charge is 0.275 e. The third kappa shape index (κ3) is 1.56. The van der Waals surface area contributed by atoms with Gasteiger partial charge in [0, 0.05) is 12.1 Å². The summed E-state index contributed by atoms with van der Waals surface area (Å²) in [6.07, 6.45) is 4.59. The van der Waals surface area contributed by atoms with Crippen LogP contribution in [0.5, 0.6) is 0 Å². The highest BCUT2D eigenvalue weighted by Crippen LogP contribution is 2.13. The molecule has 0 saturated heterocycles. The van der Waals surface area contributed by atoms with Gasteiger partial charge < -0.3 is 0 Å². The lowest BCUT2D eigenvalue weighted by Crippen LogP contribution is -2.10. The van der Waals surface area contributed by atoms with Crippen LogP contribution >= 0.6 is 0 Å². The molecule has 0 aliphatic heterocycles. The highest BCUT2D eigenvalue weighted by atomic mass is 16.1. The van der Waals surface area contributed by atoms with E-state index in [4.69, 9.17) is 0 Å². The Morgan fingerprint density at radius 3 is 2.87 bits per heavy atom. The van der Waals surface area contributed by atoms with Gasteiger partial charge in [0.1, 0.15) is 5.52 Å². The molecule has 0 unspecified atom stereocenters. The quantitative estimate of drug-likeness (QED) is 0.718. The maximum Gasteiger partial charge on any atom is 0.275 e. The van der Waals surface area contributed by atoms with Crippen LogP contribution in [0.25, 0.3) is 10.9 Å². The summed E-state index contributed by atoms with van der Waals surface area (Å²) in [4.78, 5) is 11.5. The first kappa shape index (κ1) is 9.64. The molecule has 0 fully saturated rings. The van der Waals surface area contributed by atoms with Crippen LogP contribution in [0.2, 0.25) is 0 Å². The van der Waals surface area contributed by atoms with Gasteiger partial charge in [-0.1, -0.05) is 12.2 Å². The largest absolute Gasteiger partial charge is 0.281 e. The van der Waals surface area contributed by atoms with Crippen LogP contribution in [0.4, 0.5) is 0 Å². The van der Waals surface area contributed by atoms with Crippen LogP contribution in [0.3, 0.4) is 0 Å². The number of nitrogens with one attached hydrogen (secondary N) is 2. The zero-order valence-corrected chi connectivity index (χ0v) is 8.66. The number of aromatic amines is 2. The van der Waals surface area contributed by atoms with Gasteiger partial charge in [0.05, 0.1) is 11.1 Å². The summed E-state index contributed by atoms with van der Waals surface area (Å²) in [5.74, 6) is 0. The lowest BCUT2D eigenvalue weighted by molar-refractivity contribution is 0.937. The predicted molar refractivity (Wildman–Crippen MR) is 57.8 cm³/mol. The summed E-state index contributed by atoms with van der Waals surface area (Å²) >= 11 is 0. The SMILES string of the molecule is C/C=C/Cc1n[nH]c(=O)c2c(C)[nH]nc12. The van der Waals surface area contributed by atoms with E-state index in [0.29, 0.717) is 17.3 Å². The van der Waals surface area contributed by atoms with E-state index in [1.54, 1.807) is 0 Å². The number of nitrogens with zero attached hydrogens (tertiary/aromatic N) is 2. The van der Waals surface area contributed by atoms with E-state index < -0.39 is 0 Å². The number of hydrogen-bond acceptors (Lipinski definition) is 3. The van der Waals surface area contributed by atoms with Gasteiger partial charge in [-0.2, -0.15) is 10.2 Å². The van der Waals surface area contributed by atoms with Crippen molar-refractivity contribution in [1.29, 1.82) is 0 Å². The Kier molecular flexibility index (Phi) is 2.37. The van der Waals surface area contributed by atoms with Gasteiger partial charge in [-0.3, -0.25) is 9.89 Å². The molecule has 2 aromatic rings. The Labute approximate surface area is 86.2 Å². The average Bonchev–Trinajstić information content (AvgIpc) is 2.61. The molecule has 0 amide bonds. The lowest BCUT2D eigenvalue weighted by atomic mass is 10.2. The third-order valence-electron chi connectivity index (χ3n) is 2.29. The number of allylic oxidation sites excluding steroid dienone is 2. The molecule has 5 nitrogen and oxygen atoms in total. The molecule has 0 atom stereocenters. The van der Waals surface area contributed by atoms with Crippen molar-refractivity contribution in [2.24, 2.45) is 0 Å². The van der Waals surface area contributed by atoms with E-state index in [9.17, 15) is 4.79 Å². The van der Waals surface area contributed by atoms with E-state index in [1.807, 2.05) is 26.0 Å². The number of hydrogen-bond donors (Lipinski definition) is 2. The summed E-state index contributed by atoms with van der Waals surface area (Å²) in [5.41, 5.74) is 2.03. The van der Waals surface area contributed by atoms with Crippen LogP contribution in [-0.2, 0) is 6.42 Å². The average molecular weight is 204 g/mol. The van der Waals surface area contributed by atoms with Crippen molar-refractivity contribution in [3.63, 3.8) is 0 Å². The Morgan fingerprint density at radius 1 is 1.33 bits per heavy atom. The minimum absolute atomic E-state index is 0.194. The first-order valence-corrected chi connectivity index (χ1v) is 4.77. The summed E-state index contributed by atoms with van der Waals surface area (Å²) in [5, 5.41) is 14.0.